The summed E-state index contributed by atoms with van der Waals surface area (Å²) in [4.78, 5) is 12.6. The number of benzene rings is 2. The van der Waals surface area contributed by atoms with Gasteiger partial charge in [0.25, 0.3) is 5.91 Å². The molecule has 1 heterocycles. The van der Waals surface area contributed by atoms with Gasteiger partial charge in [-0.2, -0.15) is 5.10 Å². The Morgan fingerprint density at radius 2 is 1.76 bits per heavy atom. The average Bonchev–Trinajstić information content (AvgIpc) is 2.92. The van der Waals surface area contributed by atoms with E-state index in [-0.39, 0.29) is 5.91 Å². The minimum Gasteiger partial charge on any atom is -0.352 e. The second-order valence-corrected chi connectivity index (χ2v) is 6.29. The largest absolute Gasteiger partial charge is 0.352 e. The van der Waals surface area contributed by atoms with Crippen LogP contribution < -0.4 is 5.32 Å². The van der Waals surface area contributed by atoms with Crippen LogP contribution in [0.5, 0.6) is 0 Å². The number of nitrogens with one attached hydrogen (secondary N) is 1. The molecule has 2 aromatic carbocycles. The maximum atomic E-state index is 12.6. The molecule has 25 heavy (non-hydrogen) atoms. The Morgan fingerprint density at radius 3 is 2.48 bits per heavy atom. The molecule has 0 radical (unpaired) electrons. The number of hydrogen-bond acceptors (Lipinski definition) is 2. The van der Waals surface area contributed by atoms with Crippen molar-refractivity contribution in [1.29, 1.82) is 0 Å². The molecule has 0 aliphatic carbocycles. The summed E-state index contributed by atoms with van der Waals surface area (Å²) in [6.07, 6.45) is 0.780. The van der Waals surface area contributed by atoms with E-state index in [0.29, 0.717) is 23.0 Å². The molecule has 128 valence electrons. The van der Waals surface area contributed by atoms with Gasteiger partial charge in [0.05, 0.1) is 16.9 Å². The van der Waals surface area contributed by atoms with E-state index in [0.717, 1.165) is 12.1 Å². The van der Waals surface area contributed by atoms with Crippen molar-refractivity contribution < 1.29 is 4.79 Å². The van der Waals surface area contributed by atoms with E-state index in [2.05, 4.69) is 29.5 Å². The Bertz CT molecular complexity index is 887. The molecule has 0 atom stereocenters. The van der Waals surface area contributed by atoms with Crippen molar-refractivity contribution in [1.82, 2.24) is 15.1 Å². The zero-order valence-corrected chi connectivity index (χ0v) is 15.0. The molecule has 0 aliphatic rings. The summed E-state index contributed by atoms with van der Waals surface area (Å²) in [5.41, 5.74) is 4.32. The zero-order chi connectivity index (χ0) is 17.8. The summed E-state index contributed by atoms with van der Waals surface area (Å²) in [6.45, 7) is 4.42. The Hall–Kier alpha value is -2.59. The fourth-order valence-corrected chi connectivity index (χ4v) is 3.14. The quantitative estimate of drug-likeness (QED) is 0.750. The summed E-state index contributed by atoms with van der Waals surface area (Å²) < 4.78 is 1.59. The Morgan fingerprint density at radius 1 is 1.08 bits per heavy atom. The number of halogens is 1. The number of aryl methyl sites for hydroxylation is 2. The van der Waals surface area contributed by atoms with Gasteiger partial charge in [-0.1, -0.05) is 54.1 Å². The lowest BCUT2D eigenvalue weighted by atomic mass is 10.1. The predicted octanol–water partition coefficient (Wildman–Crippen LogP) is 4.12. The first-order valence-electron chi connectivity index (χ1n) is 8.21. The van der Waals surface area contributed by atoms with Gasteiger partial charge in [-0.3, -0.25) is 4.79 Å². The second-order valence-electron chi connectivity index (χ2n) is 5.93. The highest BCUT2D eigenvalue weighted by atomic mass is 35.5. The minimum absolute atomic E-state index is 0.196. The van der Waals surface area contributed by atoms with Crippen molar-refractivity contribution in [3.8, 4) is 5.69 Å². The fourth-order valence-electron chi connectivity index (χ4n) is 2.79. The maximum absolute atomic E-state index is 12.6. The number of carbonyl (C=O) groups excluding carboxylic acids is 1. The molecule has 3 rings (SSSR count). The molecule has 1 amide bonds. The smallest absolute Gasteiger partial charge is 0.256 e. The van der Waals surface area contributed by atoms with E-state index in [1.807, 2.05) is 42.5 Å². The molecule has 5 heteroatoms. The number of hydrogen-bond donors (Lipinski definition) is 1. The van der Waals surface area contributed by atoms with E-state index in [1.165, 1.54) is 11.1 Å². The van der Waals surface area contributed by atoms with Crippen LogP contribution in [0.2, 0.25) is 5.15 Å². The maximum Gasteiger partial charge on any atom is 0.256 e. The van der Waals surface area contributed by atoms with Crippen LogP contribution in [-0.2, 0) is 6.42 Å². The van der Waals surface area contributed by atoms with Gasteiger partial charge in [0.1, 0.15) is 5.15 Å². The first-order chi connectivity index (χ1) is 12.1. The lowest BCUT2D eigenvalue weighted by Crippen LogP contribution is -2.26. The summed E-state index contributed by atoms with van der Waals surface area (Å²) in [6, 6.07) is 17.7. The molecule has 0 saturated heterocycles. The summed E-state index contributed by atoms with van der Waals surface area (Å²) in [7, 11) is 0. The molecule has 1 N–H and O–H groups in total. The first kappa shape index (κ1) is 17.2. The molecular weight excluding hydrogens is 334 g/mol. The Kier molecular flexibility index (Phi) is 5.19. The van der Waals surface area contributed by atoms with Crippen LogP contribution in [0.3, 0.4) is 0 Å². The van der Waals surface area contributed by atoms with Gasteiger partial charge < -0.3 is 5.32 Å². The fraction of sp³-hybridized carbons (Fsp3) is 0.200. The van der Waals surface area contributed by atoms with Gasteiger partial charge >= 0.3 is 0 Å². The van der Waals surface area contributed by atoms with Crippen LogP contribution in [0.15, 0.2) is 54.6 Å². The molecule has 0 unspecified atom stereocenters. The highest BCUT2D eigenvalue weighted by Crippen LogP contribution is 2.23. The number of nitrogens with zero attached hydrogens (tertiary/aromatic N) is 2. The highest BCUT2D eigenvalue weighted by molar-refractivity contribution is 6.33. The van der Waals surface area contributed by atoms with Crippen LogP contribution >= 0.6 is 11.6 Å². The zero-order valence-electron chi connectivity index (χ0n) is 14.3. The van der Waals surface area contributed by atoms with E-state index < -0.39 is 0 Å². The van der Waals surface area contributed by atoms with Crippen LogP contribution in [-0.4, -0.2) is 22.2 Å². The third kappa shape index (κ3) is 3.74. The van der Waals surface area contributed by atoms with E-state index in [9.17, 15) is 4.79 Å². The molecule has 0 aliphatic heterocycles. The third-order valence-corrected chi connectivity index (χ3v) is 4.52. The van der Waals surface area contributed by atoms with Crippen molar-refractivity contribution in [3.05, 3.63) is 82.1 Å². The SMILES string of the molecule is Cc1ccccc1CCNC(=O)c1c(C)nn(-c2ccccc2)c1Cl. The van der Waals surface area contributed by atoms with E-state index in [4.69, 9.17) is 11.6 Å². The van der Waals surface area contributed by atoms with Gasteiger partial charge in [-0.25, -0.2) is 4.68 Å². The lowest BCUT2D eigenvalue weighted by Gasteiger charge is -2.07. The topological polar surface area (TPSA) is 46.9 Å². The number of carbonyl (C=O) groups is 1. The molecule has 3 aromatic rings. The first-order valence-corrected chi connectivity index (χ1v) is 8.59. The van der Waals surface area contributed by atoms with Gasteiger partial charge in [-0.05, 0) is 43.5 Å². The normalized spacial score (nSPS) is 10.7. The number of aromatic nitrogens is 2. The van der Waals surface area contributed by atoms with Gasteiger partial charge in [-0.15, -0.1) is 0 Å². The van der Waals surface area contributed by atoms with Gasteiger partial charge in [0, 0.05) is 6.54 Å². The molecular formula is C20H20ClN3O. The molecule has 0 saturated carbocycles. The van der Waals surface area contributed by atoms with Crippen molar-refractivity contribution in [2.24, 2.45) is 0 Å². The standard InChI is InChI=1S/C20H20ClN3O/c1-14-8-6-7-9-16(14)12-13-22-20(25)18-15(2)23-24(19(18)21)17-10-4-3-5-11-17/h3-11H,12-13H2,1-2H3,(H,22,25). The van der Waals surface area contributed by atoms with Crippen LogP contribution in [0.4, 0.5) is 0 Å². The molecule has 0 spiro atoms. The molecule has 0 fully saturated rings. The summed E-state index contributed by atoms with van der Waals surface area (Å²) >= 11 is 6.42. The Labute approximate surface area is 152 Å². The van der Waals surface area contributed by atoms with Crippen molar-refractivity contribution >= 4 is 17.5 Å². The van der Waals surface area contributed by atoms with Crippen LogP contribution in [0.1, 0.15) is 27.2 Å². The molecule has 1 aromatic heterocycles. The molecule has 4 nitrogen and oxygen atoms in total. The second kappa shape index (κ2) is 7.53. The van der Waals surface area contributed by atoms with Gasteiger partial charge in [0.2, 0.25) is 0 Å². The van der Waals surface area contributed by atoms with Crippen molar-refractivity contribution in [2.45, 2.75) is 20.3 Å². The van der Waals surface area contributed by atoms with E-state index >= 15 is 0 Å². The van der Waals surface area contributed by atoms with Crippen molar-refractivity contribution in [2.75, 3.05) is 6.54 Å². The number of amides is 1. The van der Waals surface area contributed by atoms with Gasteiger partial charge in [0.15, 0.2) is 0 Å². The van der Waals surface area contributed by atoms with Crippen LogP contribution in [0, 0.1) is 13.8 Å². The highest BCUT2D eigenvalue weighted by Gasteiger charge is 2.20. The van der Waals surface area contributed by atoms with Crippen LogP contribution in [0.25, 0.3) is 5.69 Å². The average molecular weight is 354 g/mol. The third-order valence-electron chi connectivity index (χ3n) is 4.17. The minimum atomic E-state index is -0.196. The number of para-hydroxylation sites is 1. The Balaban J connectivity index is 1.72. The number of rotatable bonds is 5. The van der Waals surface area contributed by atoms with Crippen molar-refractivity contribution in [3.63, 3.8) is 0 Å². The lowest BCUT2D eigenvalue weighted by molar-refractivity contribution is 0.0953. The predicted molar refractivity (Wildman–Crippen MR) is 101 cm³/mol. The molecule has 0 bridgehead atoms. The van der Waals surface area contributed by atoms with E-state index in [1.54, 1.807) is 11.6 Å². The summed E-state index contributed by atoms with van der Waals surface area (Å²) in [5, 5.41) is 7.68. The summed E-state index contributed by atoms with van der Waals surface area (Å²) in [5.74, 6) is -0.196. The monoisotopic (exact) mass is 353 g/mol.